The van der Waals surface area contributed by atoms with E-state index in [1.165, 1.54) is 10.5 Å². The SMILES string of the molecule is CCCn1c(C(Sc2ccccc2)c2ccccc2)nc2ccc(Cl)cc21. The van der Waals surface area contributed by atoms with Crippen molar-refractivity contribution in [3.05, 3.63) is 95.3 Å². The van der Waals surface area contributed by atoms with Crippen LogP contribution in [0.25, 0.3) is 11.0 Å². The Bertz CT molecular complexity index is 1030. The lowest BCUT2D eigenvalue weighted by atomic mass is 10.1. The van der Waals surface area contributed by atoms with Gasteiger partial charge in [0.25, 0.3) is 0 Å². The fraction of sp³-hybridized carbons (Fsp3) is 0.174. The van der Waals surface area contributed by atoms with E-state index in [0.29, 0.717) is 0 Å². The van der Waals surface area contributed by atoms with E-state index in [1.54, 1.807) is 0 Å². The van der Waals surface area contributed by atoms with Crippen molar-refractivity contribution in [3.8, 4) is 0 Å². The standard InChI is InChI=1S/C23H21ClN2S/c1-2-15-26-21-16-18(24)13-14-20(21)25-23(26)22(17-9-5-3-6-10-17)27-19-11-7-4-8-12-19/h3-14,16,22H,2,15H2,1H3. The zero-order valence-corrected chi connectivity index (χ0v) is 16.8. The first kappa shape index (κ1) is 18.1. The van der Waals surface area contributed by atoms with Crippen molar-refractivity contribution in [1.29, 1.82) is 0 Å². The molecule has 3 aromatic carbocycles. The minimum Gasteiger partial charge on any atom is -0.327 e. The topological polar surface area (TPSA) is 17.8 Å². The maximum atomic E-state index is 6.28. The van der Waals surface area contributed by atoms with E-state index in [1.807, 2.05) is 30.0 Å². The number of halogens is 1. The smallest absolute Gasteiger partial charge is 0.127 e. The van der Waals surface area contributed by atoms with E-state index in [4.69, 9.17) is 16.6 Å². The summed E-state index contributed by atoms with van der Waals surface area (Å²) in [5.41, 5.74) is 3.36. The van der Waals surface area contributed by atoms with Gasteiger partial charge in [-0.05, 0) is 42.3 Å². The molecule has 0 amide bonds. The number of aromatic nitrogens is 2. The normalized spacial score (nSPS) is 12.4. The Morgan fingerprint density at radius 1 is 0.963 bits per heavy atom. The van der Waals surface area contributed by atoms with Crippen molar-refractivity contribution in [2.75, 3.05) is 0 Å². The van der Waals surface area contributed by atoms with Gasteiger partial charge in [-0.3, -0.25) is 0 Å². The summed E-state index contributed by atoms with van der Waals surface area (Å²) in [6.45, 7) is 3.12. The third-order valence-electron chi connectivity index (χ3n) is 4.52. The largest absolute Gasteiger partial charge is 0.327 e. The Morgan fingerprint density at radius 2 is 1.67 bits per heavy atom. The molecule has 0 bridgehead atoms. The lowest BCUT2D eigenvalue weighted by Crippen LogP contribution is -2.08. The van der Waals surface area contributed by atoms with E-state index in [2.05, 4.69) is 72.2 Å². The van der Waals surface area contributed by atoms with Crippen molar-refractivity contribution < 1.29 is 0 Å². The van der Waals surface area contributed by atoms with Crippen LogP contribution < -0.4 is 0 Å². The van der Waals surface area contributed by atoms with Gasteiger partial charge in [-0.1, -0.05) is 67.1 Å². The van der Waals surface area contributed by atoms with Gasteiger partial charge < -0.3 is 4.57 Å². The molecule has 1 heterocycles. The highest BCUT2D eigenvalue weighted by Gasteiger charge is 2.23. The highest BCUT2D eigenvalue weighted by atomic mass is 35.5. The molecular formula is C23H21ClN2S. The van der Waals surface area contributed by atoms with Crippen LogP contribution >= 0.6 is 23.4 Å². The molecule has 1 unspecified atom stereocenters. The second-order valence-electron chi connectivity index (χ2n) is 6.48. The van der Waals surface area contributed by atoms with Crippen LogP contribution in [0.15, 0.2) is 83.8 Å². The first-order chi connectivity index (χ1) is 13.3. The molecule has 27 heavy (non-hydrogen) atoms. The lowest BCUT2D eigenvalue weighted by Gasteiger charge is -2.19. The summed E-state index contributed by atoms with van der Waals surface area (Å²) >= 11 is 8.12. The minimum atomic E-state index is 0.117. The summed E-state index contributed by atoms with van der Waals surface area (Å²) in [5.74, 6) is 1.08. The van der Waals surface area contributed by atoms with Gasteiger partial charge in [0, 0.05) is 16.5 Å². The van der Waals surface area contributed by atoms with Crippen molar-refractivity contribution in [2.24, 2.45) is 0 Å². The Morgan fingerprint density at radius 3 is 2.37 bits per heavy atom. The Hall–Kier alpha value is -2.23. The number of fused-ring (bicyclic) bond motifs is 1. The molecule has 0 spiro atoms. The molecule has 0 N–H and O–H groups in total. The zero-order valence-electron chi connectivity index (χ0n) is 15.2. The third-order valence-corrected chi connectivity index (χ3v) is 6.02. The average molecular weight is 393 g/mol. The Balaban J connectivity index is 1.87. The van der Waals surface area contributed by atoms with Gasteiger partial charge in [-0.25, -0.2) is 4.98 Å². The molecular weight excluding hydrogens is 372 g/mol. The first-order valence-electron chi connectivity index (χ1n) is 9.18. The van der Waals surface area contributed by atoms with Gasteiger partial charge >= 0.3 is 0 Å². The minimum absolute atomic E-state index is 0.117. The second-order valence-corrected chi connectivity index (χ2v) is 8.09. The van der Waals surface area contributed by atoms with Gasteiger partial charge in [0.15, 0.2) is 0 Å². The van der Waals surface area contributed by atoms with Crippen LogP contribution in [0.4, 0.5) is 0 Å². The van der Waals surface area contributed by atoms with Crippen molar-refractivity contribution >= 4 is 34.4 Å². The number of aryl methyl sites for hydroxylation is 1. The quantitative estimate of drug-likeness (QED) is 0.329. The molecule has 2 nitrogen and oxygen atoms in total. The number of hydrogen-bond acceptors (Lipinski definition) is 2. The van der Waals surface area contributed by atoms with Crippen molar-refractivity contribution in [1.82, 2.24) is 9.55 Å². The number of thioether (sulfide) groups is 1. The number of rotatable bonds is 6. The van der Waals surface area contributed by atoms with Crippen LogP contribution in [-0.2, 0) is 6.54 Å². The Kier molecular flexibility index (Phi) is 5.51. The maximum absolute atomic E-state index is 6.28. The molecule has 4 rings (SSSR count). The van der Waals surface area contributed by atoms with Crippen molar-refractivity contribution in [3.63, 3.8) is 0 Å². The predicted molar refractivity (Wildman–Crippen MR) is 116 cm³/mol. The monoisotopic (exact) mass is 392 g/mol. The lowest BCUT2D eigenvalue weighted by molar-refractivity contribution is 0.661. The highest BCUT2D eigenvalue weighted by molar-refractivity contribution is 7.99. The van der Waals surface area contributed by atoms with Gasteiger partial charge in [-0.15, -0.1) is 11.8 Å². The molecule has 0 aliphatic rings. The average Bonchev–Trinajstić information content (AvgIpc) is 3.05. The van der Waals surface area contributed by atoms with Crippen LogP contribution in [0.5, 0.6) is 0 Å². The summed E-state index contributed by atoms with van der Waals surface area (Å²) in [6.07, 6.45) is 1.04. The Labute approximate surface area is 169 Å². The van der Waals surface area contributed by atoms with E-state index in [9.17, 15) is 0 Å². The van der Waals surface area contributed by atoms with E-state index < -0.39 is 0 Å². The summed E-state index contributed by atoms with van der Waals surface area (Å²) in [6, 6.07) is 27.1. The number of imidazole rings is 1. The molecule has 0 saturated heterocycles. The zero-order chi connectivity index (χ0) is 18.6. The molecule has 0 saturated carbocycles. The maximum Gasteiger partial charge on any atom is 0.127 e. The van der Waals surface area contributed by atoms with E-state index >= 15 is 0 Å². The fourth-order valence-electron chi connectivity index (χ4n) is 3.31. The van der Waals surface area contributed by atoms with Crippen molar-refractivity contribution in [2.45, 2.75) is 30.0 Å². The molecule has 0 radical (unpaired) electrons. The summed E-state index contributed by atoms with van der Waals surface area (Å²) < 4.78 is 2.33. The number of benzene rings is 3. The highest BCUT2D eigenvalue weighted by Crippen LogP contribution is 2.41. The molecule has 0 aliphatic heterocycles. The molecule has 1 aromatic heterocycles. The number of hydrogen-bond donors (Lipinski definition) is 0. The summed E-state index contributed by atoms with van der Waals surface area (Å²) in [7, 11) is 0. The van der Waals surface area contributed by atoms with Gasteiger partial charge in [0.1, 0.15) is 5.82 Å². The van der Waals surface area contributed by atoms with Crippen LogP contribution in [0.3, 0.4) is 0 Å². The number of nitrogens with zero attached hydrogens (tertiary/aromatic N) is 2. The van der Waals surface area contributed by atoms with Crippen LogP contribution in [0.2, 0.25) is 5.02 Å². The third kappa shape index (κ3) is 3.90. The van der Waals surface area contributed by atoms with Crippen LogP contribution in [-0.4, -0.2) is 9.55 Å². The van der Waals surface area contributed by atoms with E-state index in [0.717, 1.165) is 34.8 Å². The molecule has 0 aliphatic carbocycles. The fourth-order valence-corrected chi connectivity index (χ4v) is 4.64. The van der Waals surface area contributed by atoms with Crippen LogP contribution in [0.1, 0.15) is 30.0 Å². The predicted octanol–water partition coefficient (Wildman–Crippen LogP) is 6.98. The molecule has 136 valence electrons. The van der Waals surface area contributed by atoms with Gasteiger partial charge in [0.05, 0.1) is 16.3 Å². The van der Waals surface area contributed by atoms with E-state index in [-0.39, 0.29) is 5.25 Å². The summed E-state index contributed by atoms with van der Waals surface area (Å²) in [5, 5.41) is 0.865. The van der Waals surface area contributed by atoms with Crippen LogP contribution in [0, 0.1) is 0 Å². The molecule has 1 atom stereocenters. The second kappa shape index (κ2) is 8.20. The van der Waals surface area contributed by atoms with Gasteiger partial charge in [0.2, 0.25) is 0 Å². The molecule has 4 aromatic rings. The molecule has 4 heteroatoms. The first-order valence-corrected chi connectivity index (χ1v) is 10.4. The molecule has 0 fully saturated rings. The van der Waals surface area contributed by atoms with Gasteiger partial charge in [-0.2, -0.15) is 0 Å². The summed E-state index contributed by atoms with van der Waals surface area (Å²) in [4.78, 5) is 6.26.